The molecule has 0 saturated carbocycles. The Morgan fingerprint density at radius 3 is 2.82 bits per heavy atom. The molecule has 2 rings (SSSR count). The van der Waals surface area contributed by atoms with Crippen molar-refractivity contribution in [1.82, 2.24) is 4.90 Å². The molecule has 88 valence electrons. The summed E-state index contributed by atoms with van der Waals surface area (Å²) in [5, 5.41) is 0.743. The van der Waals surface area contributed by atoms with Crippen molar-refractivity contribution < 1.29 is 0 Å². The second-order valence-corrected chi connectivity index (χ2v) is 5.09. The van der Waals surface area contributed by atoms with E-state index in [0.717, 1.165) is 33.0 Å². The fraction of sp³-hybridized carbons (Fsp3) is 0.143. The van der Waals surface area contributed by atoms with Gasteiger partial charge in [-0.1, -0.05) is 46.3 Å². The van der Waals surface area contributed by atoms with E-state index in [1.807, 2.05) is 30.4 Å². The van der Waals surface area contributed by atoms with Crippen LogP contribution in [0, 0.1) is 0 Å². The van der Waals surface area contributed by atoms with Crippen molar-refractivity contribution in [3.8, 4) is 0 Å². The van der Waals surface area contributed by atoms with Crippen LogP contribution in [-0.2, 0) is 0 Å². The van der Waals surface area contributed by atoms with Gasteiger partial charge in [0, 0.05) is 28.0 Å². The van der Waals surface area contributed by atoms with Gasteiger partial charge in [0.05, 0.1) is 5.02 Å². The molecule has 0 spiro atoms. The summed E-state index contributed by atoms with van der Waals surface area (Å²) < 4.78 is 0.986. The number of likely N-dealkylation sites (N-methyl/N-ethyl adjacent to an activating group) is 1. The van der Waals surface area contributed by atoms with Crippen LogP contribution in [0.2, 0.25) is 5.02 Å². The average molecular weight is 311 g/mol. The smallest absolute Gasteiger partial charge is 0.0510 e. The van der Waals surface area contributed by atoms with Gasteiger partial charge in [-0.25, -0.2) is 0 Å². The molecule has 0 saturated heterocycles. The third-order valence-electron chi connectivity index (χ3n) is 2.70. The molecule has 1 heterocycles. The molecule has 0 atom stereocenters. The first-order chi connectivity index (χ1) is 8.13. The lowest BCUT2D eigenvalue weighted by molar-refractivity contribution is 0.530. The highest BCUT2D eigenvalue weighted by atomic mass is 79.9. The molecule has 1 nitrogen and oxygen atoms in total. The van der Waals surface area contributed by atoms with Gasteiger partial charge in [0.25, 0.3) is 0 Å². The van der Waals surface area contributed by atoms with E-state index in [1.54, 1.807) is 0 Å². The third kappa shape index (κ3) is 2.48. The van der Waals surface area contributed by atoms with Gasteiger partial charge < -0.3 is 4.90 Å². The van der Waals surface area contributed by atoms with Crippen LogP contribution in [0.5, 0.6) is 0 Å². The van der Waals surface area contributed by atoms with E-state index in [9.17, 15) is 0 Å². The highest BCUT2D eigenvalue weighted by Crippen LogP contribution is 2.32. The van der Waals surface area contributed by atoms with Crippen LogP contribution in [0.15, 0.2) is 53.2 Å². The van der Waals surface area contributed by atoms with Crippen LogP contribution < -0.4 is 0 Å². The number of rotatable bonds is 2. The molecule has 17 heavy (non-hydrogen) atoms. The fourth-order valence-electron chi connectivity index (χ4n) is 1.89. The summed E-state index contributed by atoms with van der Waals surface area (Å²) in [6, 6.07) is 5.93. The van der Waals surface area contributed by atoms with Crippen LogP contribution >= 0.6 is 27.5 Å². The maximum absolute atomic E-state index is 6.28. The predicted molar refractivity (Wildman–Crippen MR) is 77.8 cm³/mol. The van der Waals surface area contributed by atoms with Crippen molar-refractivity contribution in [1.29, 1.82) is 0 Å². The van der Waals surface area contributed by atoms with E-state index < -0.39 is 0 Å². The van der Waals surface area contributed by atoms with Crippen molar-refractivity contribution in [2.45, 2.75) is 6.92 Å². The quantitative estimate of drug-likeness (QED) is 0.755. The van der Waals surface area contributed by atoms with Gasteiger partial charge in [0.2, 0.25) is 0 Å². The largest absolute Gasteiger partial charge is 0.342 e. The standard InChI is InChI=1S/C14H13BrClN/c1-3-17-10(2)5-4-6-14(17)12-8-7-11(15)9-13(12)16/h4-9H,2-3H2,1H3. The van der Waals surface area contributed by atoms with Crippen LogP contribution in [0.3, 0.4) is 0 Å². The zero-order valence-corrected chi connectivity index (χ0v) is 11.9. The van der Waals surface area contributed by atoms with Gasteiger partial charge in [-0.15, -0.1) is 0 Å². The zero-order valence-electron chi connectivity index (χ0n) is 9.58. The minimum absolute atomic E-state index is 0.743. The number of hydrogen-bond donors (Lipinski definition) is 0. The molecule has 0 N–H and O–H groups in total. The van der Waals surface area contributed by atoms with E-state index in [-0.39, 0.29) is 0 Å². The molecular weight excluding hydrogens is 298 g/mol. The SMILES string of the molecule is C=C1C=CC=C(c2ccc(Br)cc2Cl)N1CC. The molecule has 0 unspecified atom stereocenters. The third-order valence-corrected chi connectivity index (χ3v) is 3.51. The first-order valence-corrected chi connectivity index (χ1v) is 6.61. The molecule has 3 heteroatoms. The molecule has 1 aromatic carbocycles. The maximum Gasteiger partial charge on any atom is 0.0510 e. The summed E-state index contributed by atoms with van der Waals surface area (Å²) in [5.74, 6) is 0. The molecule has 1 aromatic rings. The Balaban J connectivity index is 2.48. The van der Waals surface area contributed by atoms with Gasteiger partial charge in [-0.3, -0.25) is 0 Å². The minimum atomic E-state index is 0.743. The monoisotopic (exact) mass is 309 g/mol. The molecule has 1 aliphatic rings. The second-order valence-electron chi connectivity index (χ2n) is 3.77. The average Bonchev–Trinajstić information content (AvgIpc) is 2.29. The van der Waals surface area contributed by atoms with E-state index in [4.69, 9.17) is 11.6 Å². The van der Waals surface area contributed by atoms with Crippen LogP contribution in [-0.4, -0.2) is 11.4 Å². The molecule has 0 radical (unpaired) electrons. The first-order valence-electron chi connectivity index (χ1n) is 5.43. The fourth-order valence-corrected chi connectivity index (χ4v) is 2.66. The molecule has 0 fully saturated rings. The Morgan fingerprint density at radius 1 is 1.41 bits per heavy atom. The maximum atomic E-state index is 6.28. The molecule has 0 aromatic heterocycles. The zero-order chi connectivity index (χ0) is 12.4. The van der Waals surface area contributed by atoms with Crippen molar-refractivity contribution in [2.75, 3.05) is 6.54 Å². The lowest BCUT2D eigenvalue weighted by Gasteiger charge is -2.29. The topological polar surface area (TPSA) is 3.24 Å². The van der Waals surface area contributed by atoms with E-state index in [2.05, 4.69) is 40.4 Å². The predicted octanol–water partition coefficient (Wildman–Crippen LogP) is 4.85. The minimum Gasteiger partial charge on any atom is -0.342 e. The highest BCUT2D eigenvalue weighted by molar-refractivity contribution is 9.10. The highest BCUT2D eigenvalue weighted by Gasteiger charge is 2.16. The summed E-state index contributed by atoms with van der Waals surface area (Å²) >= 11 is 9.70. The van der Waals surface area contributed by atoms with Gasteiger partial charge >= 0.3 is 0 Å². The number of halogens is 2. The Hall–Kier alpha value is -0.990. The summed E-state index contributed by atoms with van der Waals surface area (Å²) in [6.07, 6.45) is 6.06. The lowest BCUT2D eigenvalue weighted by Crippen LogP contribution is -2.21. The second kappa shape index (κ2) is 5.11. The van der Waals surface area contributed by atoms with E-state index >= 15 is 0 Å². The molecule has 0 bridgehead atoms. The van der Waals surface area contributed by atoms with Crippen molar-refractivity contribution in [3.05, 3.63) is 63.8 Å². The Labute approximate surface area is 115 Å². The van der Waals surface area contributed by atoms with Gasteiger partial charge in [-0.05, 0) is 31.2 Å². The van der Waals surface area contributed by atoms with Crippen molar-refractivity contribution >= 4 is 33.2 Å². The lowest BCUT2D eigenvalue weighted by atomic mass is 10.1. The summed E-state index contributed by atoms with van der Waals surface area (Å²) in [4.78, 5) is 2.15. The number of hydrogen-bond acceptors (Lipinski definition) is 1. The van der Waals surface area contributed by atoms with Crippen molar-refractivity contribution in [3.63, 3.8) is 0 Å². The normalized spacial score (nSPS) is 15.1. The van der Waals surface area contributed by atoms with Crippen LogP contribution in [0.4, 0.5) is 0 Å². The van der Waals surface area contributed by atoms with Crippen LogP contribution in [0.1, 0.15) is 12.5 Å². The summed E-state index contributed by atoms with van der Waals surface area (Å²) in [5.41, 5.74) is 3.11. The molecule has 0 aliphatic carbocycles. The summed E-state index contributed by atoms with van der Waals surface area (Å²) in [6.45, 7) is 7.01. The molecule has 1 aliphatic heterocycles. The van der Waals surface area contributed by atoms with Crippen LogP contribution in [0.25, 0.3) is 5.70 Å². The van der Waals surface area contributed by atoms with Crippen molar-refractivity contribution in [2.24, 2.45) is 0 Å². The van der Waals surface area contributed by atoms with E-state index in [0.29, 0.717) is 0 Å². The van der Waals surface area contributed by atoms with Gasteiger partial charge in [-0.2, -0.15) is 0 Å². The molecule has 0 amide bonds. The molecular formula is C14H13BrClN. The summed E-state index contributed by atoms with van der Waals surface area (Å²) in [7, 11) is 0. The Kier molecular flexibility index (Phi) is 3.75. The van der Waals surface area contributed by atoms with Gasteiger partial charge in [0.1, 0.15) is 0 Å². The number of allylic oxidation sites excluding steroid dienone is 3. The van der Waals surface area contributed by atoms with Gasteiger partial charge in [0.15, 0.2) is 0 Å². The number of benzene rings is 1. The first kappa shape index (κ1) is 12.5. The Morgan fingerprint density at radius 2 is 2.18 bits per heavy atom. The van der Waals surface area contributed by atoms with E-state index in [1.165, 1.54) is 0 Å². The number of nitrogens with zero attached hydrogens (tertiary/aromatic N) is 1. The Bertz CT molecular complexity index is 517.